The molecule has 0 fully saturated rings. The van der Waals surface area contributed by atoms with E-state index in [4.69, 9.17) is 5.84 Å². The Morgan fingerprint density at radius 1 is 0.938 bits per heavy atom. The molecule has 0 aromatic carbocycles. The van der Waals surface area contributed by atoms with Gasteiger partial charge in [0.2, 0.25) is 5.91 Å². The topological polar surface area (TPSA) is 55.1 Å². The molecular formula is C12H27ClN2O. The standard InChI is InChI=1S/C12H26N2O.ClH/c1-2-3-4-5-6-7-8-9-10-11-12(15)14-13;/h2-11,13H2,1H3,(H,14,15);1H. The quantitative estimate of drug-likeness (QED) is 0.271. The SMILES string of the molecule is CCCCCCCCCCCC(=O)NN.Cl. The smallest absolute Gasteiger partial charge is 0.233 e. The number of hydrazine groups is 1. The summed E-state index contributed by atoms with van der Waals surface area (Å²) in [4.78, 5) is 10.8. The van der Waals surface area contributed by atoms with Gasteiger partial charge in [0.15, 0.2) is 0 Å². The number of carbonyl (C=O) groups excluding carboxylic acids is 1. The molecule has 0 aliphatic heterocycles. The molecule has 0 saturated carbocycles. The minimum atomic E-state index is -0.0436. The van der Waals surface area contributed by atoms with Gasteiger partial charge in [-0.25, -0.2) is 5.84 Å². The van der Waals surface area contributed by atoms with E-state index in [0.29, 0.717) is 6.42 Å². The van der Waals surface area contributed by atoms with E-state index in [9.17, 15) is 4.79 Å². The van der Waals surface area contributed by atoms with Crippen molar-refractivity contribution < 1.29 is 4.79 Å². The Kier molecular flexibility index (Phi) is 16.6. The van der Waals surface area contributed by atoms with E-state index in [1.807, 2.05) is 0 Å². The van der Waals surface area contributed by atoms with Gasteiger partial charge >= 0.3 is 0 Å². The first kappa shape index (κ1) is 18.1. The van der Waals surface area contributed by atoms with Gasteiger partial charge in [0.25, 0.3) is 0 Å². The molecule has 0 unspecified atom stereocenters. The lowest BCUT2D eigenvalue weighted by atomic mass is 10.1. The van der Waals surface area contributed by atoms with E-state index >= 15 is 0 Å². The molecule has 0 heterocycles. The third kappa shape index (κ3) is 13.7. The zero-order chi connectivity index (χ0) is 11.4. The van der Waals surface area contributed by atoms with Crippen molar-refractivity contribution in [1.82, 2.24) is 5.43 Å². The molecule has 3 nitrogen and oxygen atoms in total. The second-order valence-electron chi connectivity index (χ2n) is 4.15. The molecular weight excluding hydrogens is 224 g/mol. The minimum absolute atomic E-state index is 0. The molecule has 16 heavy (non-hydrogen) atoms. The maximum Gasteiger partial charge on any atom is 0.233 e. The lowest BCUT2D eigenvalue weighted by Gasteiger charge is -2.01. The van der Waals surface area contributed by atoms with Crippen molar-refractivity contribution in [3.63, 3.8) is 0 Å². The van der Waals surface area contributed by atoms with Crippen LogP contribution in [0.3, 0.4) is 0 Å². The van der Waals surface area contributed by atoms with Gasteiger partial charge in [0, 0.05) is 6.42 Å². The highest BCUT2D eigenvalue weighted by Gasteiger charge is 1.97. The van der Waals surface area contributed by atoms with Gasteiger partial charge in [0.05, 0.1) is 0 Å². The Morgan fingerprint density at radius 3 is 1.81 bits per heavy atom. The molecule has 0 aromatic heterocycles. The first-order valence-electron chi connectivity index (χ1n) is 6.30. The molecule has 0 bridgehead atoms. The van der Waals surface area contributed by atoms with Crippen LogP contribution in [0.2, 0.25) is 0 Å². The van der Waals surface area contributed by atoms with E-state index < -0.39 is 0 Å². The highest BCUT2D eigenvalue weighted by Crippen LogP contribution is 2.10. The second-order valence-corrected chi connectivity index (χ2v) is 4.15. The van der Waals surface area contributed by atoms with Crippen LogP contribution in [0.15, 0.2) is 0 Å². The zero-order valence-corrected chi connectivity index (χ0v) is 11.3. The minimum Gasteiger partial charge on any atom is -0.294 e. The Labute approximate surface area is 106 Å². The summed E-state index contributed by atoms with van der Waals surface area (Å²) in [6.45, 7) is 2.24. The van der Waals surface area contributed by atoms with Crippen LogP contribution in [-0.2, 0) is 4.79 Å². The number of nitrogens with one attached hydrogen (secondary N) is 1. The van der Waals surface area contributed by atoms with Gasteiger partial charge in [-0.3, -0.25) is 10.2 Å². The van der Waals surface area contributed by atoms with Crippen molar-refractivity contribution in [3.8, 4) is 0 Å². The highest BCUT2D eigenvalue weighted by molar-refractivity contribution is 5.85. The van der Waals surface area contributed by atoms with Crippen molar-refractivity contribution in [3.05, 3.63) is 0 Å². The maximum absolute atomic E-state index is 10.8. The number of hydrogen-bond donors (Lipinski definition) is 2. The molecule has 0 saturated heterocycles. The van der Waals surface area contributed by atoms with Gasteiger partial charge < -0.3 is 0 Å². The van der Waals surface area contributed by atoms with Crippen molar-refractivity contribution in [2.75, 3.05) is 0 Å². The summed E-state index contributed by atoms with van der Waals surface area (Å²) in [5.41, 5.74) is 2.15. The molecule has 0 rings (SSSR count). The zero-order valence-electron chi connectivity index (χ0n) is 10.5. The lowest BCUT2D eigenvalue weighted by Crippen LogP contribution is -2.29. The van der Waals surface area contributed by atoms with Gasteiger partial charge in [-0.2, -0.15) is 0 Å². The number of hydrogen-bond acceptors (Lipinski definition) is 2. The first-order chi connectivity index (χ1) is 7.31. The molecule has 0 aliphatic rings. The Morgan fingerprint density at radius 2 is 1.38 bits per heavy atom. The summed E-state index contributed by atoms with van der Waals surface area (Å²) in [5.74, 6) is 4.94. The Bertz CT molecular complexity index is 154. The molecule has 4 heteroatoms. The number of carbonyl (C=O) groups is 1. The van der Waals surface area contributed by atoms with Crippen LogP contribution < -0.4 is 11.3 Å². The van der Waals surface area contributed by atoms with Crippen LogP contribution in [0.25, 0.3) is 0 Å². The van der Waals surface area contributed by atoms with Crippen molar-refractivity contribution in [2.24, 2.45) is 5.84 Å². The van der Waals surface area contributed by atoms with E-state index in [1.54, 1.807) is 0 Å². The van der Waals surface area contributed by atoms with Crippen LogP contribution in [0.1, 0.15) is 71.1 Å². The predicted octanol–water partition coefficient (Wildman–Crippen LogP) is 3.32. The number of rotatable bonds is 10. The number of unbranched alkanes of at least 4 members (excludes halogenated alkanes) is 8. The molecule has 0 radical (unpaired) electrons. The van der Waals surface area contributed by atoms with E-state index in [1.165, 1.54) is 44.9 Å². The fraction of sp³-hybridized carbons (Fsp3) is 0.917. The summed E-state index contributed by atoms with van der Waals surface area (Å²) in [6, 6.07) is 0. The van der Waals surface area contributed by atoms with Gasteiger partial charge in [-0.05, 0) is 6.42 Å². The molecule has 1 amide bonds. The Hall–Kier alpha value is -0.280. The molecule has 0 aliphatic carbocycles. The van der Waals surface area contributed by atoms with Gasteiger partial charge in [-0.1, -0.05) is 58.3 Å². The van der Waals surface area contributed by atoms with E-state index in [-0.39, 0.29) is 18.3 Å². The first-order valence-corrected chi connectivity index (χ1v) is 6.30. The average molecular weight is 251 g/mol. The van der Waals surface area contributed by atoms with Crippen molar-refractivity contribution in [1.29, 1.82) is 0 Å². The van der Waals surface area contributed by atoms with Gasteiger partial charge in [0.1, 0.15) is 0 Å². The monoisotopic (exact) mass is 250 g/mol. The molecule has 0 atom stereocenters. The molecule has 0 aromatic rings. The third-order valence-electron chi connectivity index (χ3n) is 2.67. The van der Waals surface area contributed by atoms with Crippen LogP contribution in [-0.4, -0.2) is 5.91 Å². The molecule has 3 N–H and O–H groups in total. The molecule has 0 spiro atoms. The molecule has 98 valence electrons. The largest absolute Gasteiger partial charge is 0.294 e. The Balaban J connectivity index is 0. The summed E-state index contributed by atoms with van der Waals surface area (Å²) >= 11 is 0. The fourth-order valence-corrected chi connectivity index (χ4v) is 1.67. The van der Waals surface area contributed by atoms with Gasteiger partial charge in [-0.15, -0.1) is 12.4 Å². The maximum atomic E-state index is 10.8. The summed E-state index contributed by atoms with van der Waals surface area (Å²) < 4.78 is 0. The average Bonchev–Trinajstić information content (AvgIpc) is 2.26. The van der Waals surface area contributed by atoms with Crippen molar-refractivity contribution in [2.45, 2.75) is 71.1 Å². The lowest BCUT2D eigenvalue weighted by molar-refractivity contribution is -0.121. The summed E-state index contributed by atoms with van der Waals surface area (Å²) in [7, 11) is 0. The third-order valence-corrected chi connectivity index (χ3v) is 2.67. The van der Waals surface area contributed by atoms with Crippen LogP contribution >= 0.6 is 12.4 Å². The van der Waals surface area contributed by atoms with E-state index in [2.05, 4.69) is 12.3 Å². The van der Waals surface area contributed by atoms with Crippen molar-refractivity contribution >= 4 is 18.3 Å². The normalized spacial score (nSPS) is 9.62. The van der Waals surface area contributed by atoms with Crippen LogP contribution in [0.4, 0.5) is 0 Å². The fourth-order valence-electron chi connectivity index (χ4n) is 1.67. The highest BCUT2D eigenvalue weighted by atomic mass is 35.5. The summed E-state index contributed by atoms with van der Waals surface area (Å²) in [6.07, 6.45) is 12.1. The summed E-state index contributed by atoms with van der Waals surface area (Å²) in [5, 5.41) is 0. The predicted molar refractivity (Wildman–Crippen MR) is 71.4 cm³/mol. The number of amides is 1. The van der Waals surface area contributed by atoms with Crippen LogP contribution in [0, 0.1) is 0 Å². The number of halogens is 1. The van der Waals surface area contributed by atoms with E-state index in [0.717, 1.165) is 12.8 Å². The van der Waals surface area contributed by atoms with Crippen LogP contribution in [0.5, 0.6) is 0 Å². The number of nitrogens with two attached hydrogens (primary N) is 1. The second kappa shape index (κ2) is 14.7.